The largest absolute Gasteiger partial charge is 0.370 e. The van der Waals surface area contributed by atoms with Crippen LogP contribution in [0.5, 0.6) is 0 Å². The quantitative estimate of drug-likeness (QED) is 0.550. The molecular weight excluding hydrogens is 252 g/mol. The third kappa shape index (κ3) is 4.55. The van der Waals surface area contributed by atoms with Crippen LogP contribution in [0.25, 0.3) is 0 Å². The monoisotopic (exact) mass is 274 g/mol. The summed E-state index contributed by atoms with van der Waals surface area (Å²) < 4.78 is 0. The molecule has 20 heavy (non-hydrogen) atoms. The van der Waals surface area contributed by atoms with Crippen LogP contribution in [0.4, 0.5) is 5.69 Å². The number of benzene rings is 1. The average Bonchev–Trinajstić information content (AvgIpc) is 2.90. The number of guanidine groups is 2. The second-order valence-electron chi connectivity index (χ2n) is 4.97. The molecule has 0 radical (unpaired) electrons. The highest BCUT2D eigenvalue weighted by molar-refractivity contribution is 5.93. The topological polar surface area (TPSA) is 106 Å². The van der Waals surface area contributed by atoms with Gasteiger partial charge in [0.05, 0.1) is 5.69 Å². The summed E-state index contributed by atoms with van der Waals surface area (Å²) in [6.45, 7) is 3.59. The van der Waals surface area contributed by atoms with Crippen LogP contribution in [0, 0.1) is 0 Å². The summed E-state index contributed by atoms with van der Waals surface area (Å²) in [5.74, 6) is -0.0247. The van der Waals surface area contributed by atoms with Crippen LogP contribution in [0.1, 0.15) is 18.4 Å². The van der Waals surface area contributed by atoms with Crippen molar-refractivity contribution in [3.8, 4) is 0 Å². The van der Waals surface area contributed by atoms with Gasteiger partial charge in [-0.2, -0.15) is 4.99 Å². The zero-order chi connectivity index (χ0) is 14.4. The first-order valence-corrected chi connectivity index (χ1v) is 6.88. The minimum absolute atomic E-state index is 0.0646. The maximum atomic E-state index is 5.58. The molecule has 0 atom stereocenters. The maximum Gasteiger partial charge on any atom is 0.223 e. The SMILES string of the molecule is NC(N)=NC(N)=Nc1ccc(CCN2CCCC2)cc1. The molecule has 1 fully saturated rings. The van der Waals surface area contributed by atoms with Crippen molar-refractivity contribution in [1.29, 1.82) is 0 Å². The Morgan fingerprint density at radius 3 is 2.30 bits per heavy atom. The molecule has 0 bridgehead atoms. The van der Waals surface area contributed by atoms with Crippen LogP contribution in [0.2, 0.25) is 0 Å². The lowest BCUT2D eigenvalue weighted by molar-refractivity contribution is 0.343. The zero-order valence-corrected chi connectivity index (χ0v) is 11.6. The first-order chi connectivity index (χ1) is 9.63. The standard InChI is InChI=1S/C14H22N6/c15-13(16)19-14(17)18-12-5-3-11(4-6-12)7-10-20-8-1-2-9-20/h3-6H,1-2,7-10H2,(H6,15,16,17,18,19). The summed E-state index contributed by atoms with van der Waals surface area (Å²) in [5, 5.41) is 0. The number of rotatable bonds is 4. The second-order valence-corrected chi connectivity index (χ2v) is 4.97. The van der Waals surface area contributed by atoms with E-state index in [1.807, 2.05) is 12.1 Å². The van der Waals surface area contributed by atoms with Crippen molar-refractivity contribution < 1.29 is 0 Å². The fourth-order valence-electron chi connectivity index (χ4n) is 2.32. The Kier molecular flexibility index (Phi) is 4.95. The van der Waals surface area contributed by atoms with Gasteiger partial charge in [-0.15, -0.1) is 0 Å². The Bertz CT molecular complexity index is 481. The van der Waals surface area contributed by atoms with Crippen molar-refractivity contribution in [2.45, 2.75) is 19.3 Å². The number of aliphatic imine (C=N–C) groups is 2. The molecule has 6 N–H and O–H groups in total. The van der Waals surface area contributed by atoms with E-state index in [0.717, 1.165) is 18.7 Å². The van der Waals surface area contributed by atoms with Crippen molar-refractivity contribution in [2.24, 2.45) is 27.2 Å². The van der Waals surface area contributed by atoms with E-state index < -0.39 is 0 Å². The lowest BCUT2D eigenvalue weighted by Gasteiger charge is -2.14. The average molecular weight is 274 g/mol. The Morgan fingerprint density at radius 2 is 1.70 bits per heavy atom. The number of likely N-dealkylation sites (tertiary alicyclic amines) is 1. The summed E-state index contributed by atoms with van der Waals surface area (Å²) in [6.07, 6.45) is 3.73. The predicted molar refractivity (Wildman–Crippen MR) is 82.9 cm³/mol. The molecule has 0 spiro atoms. The summed E-state index contributed by atoms with van der Waals surface area (Å²) >= 11 is 0. The Labute approximate surface area is 119 Å². The Balaban J connectivity index is 1.90. The molecule has 0 aromatic heterocycles. The summed E-state index contributed by atoms with van der Waals surface area (Å²) in [7, 11) is 0. The predicted octanol–water partition coefficient (Wildman–Crippen LogP) is 0.545. The number of hydrogen-bond donors (Lipinski definition) is 3. The van der Waals surface area contributed by atoms with Crippen LogP contribution in [0.15, 0.2) is 34.3 Å². The molecule has 2 rings (SSSR count). The Hall–Kier alpha value is -2.08. The normalized spacial score (nSPS) is 16.3. The highest BCUT2D eigenvalue weighted by Gasteiger charge is 2.10. The molecule has 1 aromatic carbocycles. The lowest BCUT2D eigenvalue weighted by atomic mass is 10.1. The third-order valence-corrected chi connectivity index (χ3v) is 3.34. The van der Waals surface area contributed by atoms with Crippen LogP contribution in [0.3, 0.4) is 0 Å². The highest BCUT2D eigenvalue weighted by Crippen LogP contribution is 2.15. The minimum atomic E-state index is -0.0894. The van der Waals surface area contributed by atoms with Crippen molar-refractivity contribution in [1.82, 2.24) is 4.90 Å². The molecule has 108 valence electrons. The van der Waals surface area contributed by atoms with Gasteiger partial charge in [0.1, 0.15) is 0 Å². The van der Waals surface area contributed by atoms with Gasteiger partial charge in [-0.1, -0.05) is 12.1 Å². The fourth-order valence-corrected chi connectivity index (χ4v) is 2.32. The molecule has 6 nitrogen and oxygen atoms in total. The van der Waals surface area contributed by atoms with Gasteiger partial charge in [0.25, 0.3) is 0 Å². The van der Waals surface area contributed by atoms with E-state index in [4.69, 9.17) is 17.2 Å². The van der Waals surface area contributed by atoms with E-state index in [-0.39, 0.29) is 11.9 Å². The van der Waals surface area contributed by atoms with Gasteiger partial charge in [-0.3, -0.25) is 0 Å². The minimum Gasteiger partial charge on any atom is -0.370 e. The van der Waals surface area contributed by atoms with Gasteiger partial charge in [0, 0.05) is 6.54 Å². The highest BCUT2D eigenvalue weighted by atomic mass is 15.1. The van der Waals surface area contributed by atoms with E-state index >= 15 is 0 Å². The zero-order valence-electron chi connectivity index (χ0n) is 11.6. The van der Waals surface area contributed by atoms with Gasteiger partial charge < -0.3 is 22.1 Å². The molecule has 1 saturated heterocycles. The molecule has 0 aliphatic carbocycles. The lowest BCUT2D eigenvalue weighted by Crippen LogP contribution is -2.26. The second kappa shape index (κ2) is 6.91. The fraction of sp³-hybridized carbons (Fsp3) is 0.429. The van der Waals surface area contributed by atoms with Crippen molar-refractivity contribution in [3.05, 3.63) is 29.8 Å². The summed E-state index contributed by atoms with van der Waals surface area (Å²) in [6, 6.07) is 7.98. The van der Waals surface area contributed by atoms with Gasteiger partial charge in [0.2, 0.25) is 5.96 Å². The molecular formula is C14H22N6. The number of nitrogens with two attached hydrogens (primary N) is 3. The Morgan fingerprint density at radius 1 is 1.05 bits per heavy atom. The molecule has 1 aliphatic rings. The number of nitrogens with zero attached hydrogens (tertiary/aromatic N) is 3. The molecule has 1 heterocycles. The summed E-state index contributed by atoms with van der Waals surface area (Å²) in [4.78, 5) is 10.3. The van der Waals surface area contributed by atoms with E-state index in [9.17, 15) is 0 Å². The van der Waals surface area contributed by atoms with Gasteiger partial charge in [-0.25, -0.2) is 4.99 Å². The van der Waals surface area contributed by atoms with Crippen LogP contribution >= 0.6 is 0 Å². The van der Waals surface area contributed by atoms with Crippen LogP contribution in [-0.4, -0.2) is 36.5 Å². The van der Waals surface area contributed by atoms with Gasteiger partial charge in [0.15, 0.2) is 5.96 Å². The van der Waals surface area contributed by atoms with E-state index in [1.54, 1.807) is 0 Å². The third-order valence-electron chi connectivity index (χ3n) is 3.34. The van der Waals surface area contributed by atoms with E-state index in [0.29, 0.717) is 0 Å². The first-order valence-electron chi connectivity index (χ1n) is 6.88. The van der Waals surface area contributed by atoms with Crippen molar-refractivity contribution >= 4 is 17.6 Å². The summed E-state index contributed by atoms with van der Waals surface area (Å²) in [5.41, 5.74) is 18.1. The van der Waals surface area contributed by atoms with E-state index in [1.165, 1.54) is 31.5 Å². The van der Waals surface area contributed by atoms with Gasteiger partial charge >= 0.3 is 0 Å². The van der Waals surface area contributed by atoms with Gasteiger partial charge in [-0.05, 0) is 50.0 Å². The first kappa shape index (κ1) is 14.3. The molecule has 0 unspecified atom stereocenters. The smallest absolute Gasteiger partial charge is 0.223 e. The molecule has 1 aromatic rings. The molecule has 1 aliphatic heterocycles. The van der Waals surface area contributed by atoms with Crippen molar-refractivity contribution in [2.75, 3.05) is 19.6 Å². The molecule has 0 amide bonds. The van der Waals surface area contributed by atoms with E-state index in [2.05, 4.69) is 27.0 Å². The molecule has 6 heteroatoms. The van der Waals surface area contributed by atoms with Crippen LogP contribution < -0.4 is 17.2 Å². The van der Waals surface area contributed by atoms with Crippen molar-refractivity contribution in [3.63, 3.8) is 0 Å². The molecule has 0 saturated carbocycles. The maximum absolute atomic E-state index is 5.58. The number of hydrogen-bond acceptors (Lipinski definition) is 2. The van der Waals surface area contributed by atoms with Crippen LogP contribution in [-0.2, 0) is 6.42 Å².